The lowest BCUT2D eigenvalue weighted by molar-refractivity contribution is 0.574. The van der Waals surface area contributed by atoms with Gasteiger partial charge < -0.3 is 5.73 Å². The largest absolute Gasteiger partial charge is 0.388 e. The highest BCUT2D eigenvalue weighted by Gasteiger charge is 2.03. The van der Waals surface area contributed by atoms with Gasteiger partial charge >= 0.3 is 0 Å². The molecule has 0 aromatic rings. The highest BCUT2D eigenvalue weighted by molar-refractivity contribution is 7.87. The Morgan fingerprint density at radius 2 is 2.18 bits per heavy atom. The summed E-state index contributed by atoms with van der Waals surface area (Å²) < 4.78 is 25.5. The van der Waals surface area contributed by atoms with Gasteiger partial charge in [0.1, 0.15) is 0 Å². The van der Waals surface area contributed by atoms with Gasteiger partial charge in [-0.3, -0.25) is 5.41 Å². The second kappa shape index (κ2) is 4.27. The van der Waals surface area contributed by atoms with Crippen LogP contribution >= 0.6 is 0 Å². The molecule has 0 atom stereocenters. The molecule has 0 unspecified atom stereocenters. The Bertz CT molecular complexity index is 222. The number of hydrogen-bond donors (Lipinski definition) is 4. The predicted octanol–water partition coefficient (Wildman–Crippen LogP) is -1.63. The van der Waals surface area contributed by atoms with Gasteiger partial charge in [0.05, 0.1) is 5.84 Å². The monoisotopic (exact) mass is 180 g/mol. The summed E-state index contributed by atoms with van der Waals surface area (Å²) in [5, 5.41) is 6.78. The zero-order chi connectivity index (χ0) is 8.91. The van der Waals surface area contributed by atoms with Gasteiger partial charge in [-0.05, 0) is 0 Å². The first-order valence-corrected chi connectivity index (χ1v) is 4.47. The van der Waals surface area contributed by atoms with E-state index in [0.717, 1.165) is 0 Å². The Morgan fingerprint density at radius 1 is 1.64 bits per heavy atom. The van der Waals surface area contributed by atoms with Crippen LogP contribution in [0.1, 0.15) is 6.42 Å². The number of nitrogens with two attached hydrogens (primary N) is 1. The van der Waals surface area contributed by atoms with Crippen molar-refractivity contribution in [3.63, 3.8) is 0 Å². The van der Waals surface area contributed by atoms with Gasteiger partial charge in [-0.25, -0.2) is 9.44 Å². The predicted molar refractivity (Wildman–Crippen MR) is 42.5 cm³/mol. The molecule has 0 radical (unpaired) electrons. The SMILES string of the molecule is CNS(=O)(=O)NCCC(=N)N. The molecule has 0 fully saturated rings. The van der Waals surface area contributed by atoms with Crippen molar-refractivity contribution in [1.82, 2.24) is 9.44 Å². The molecule has 0 aromatic heterocycles. The molecule has 66 valence electrons. The molecule has 0 aromatic carbocycles. The third-order valence-electron chi connectivity index (χ3n) is 0.955. The second-order valence-electron chi connectivity index (χ2n) is 1.88. The van der Waals surface area contributed by atoms with Gasteiger partial charge in [-0.1, -0.05) is 0 Å². The number of rotatable bonds is 5. The van der Waals surface area contributed by atoms with Crippen LogP contribution in [-0.2, 0) is 10.2 Å². The van der Waals surface area contributed by atoms with Crippen LogP contribution in [0.5, 0.6) is 0 Å². The lowest BCUT2D eigenvalue weighted by atomic mass is 10.4. The summed E-state index contributed by atoms with van der Waals surface area (Å²) in [6, 6.07) is 0. The van der Waals surface area contributed by atoms with E-state index >= 15 is 0 Å². The van der Waals surface area contributed by atoms with Crippen molar-refractivity contribution in [3.05, 3.63) is 0 Å². The molecule has 0 saturated carbocycles. The lowest BCUT2D eigenvalue weighted by Crippen LogP contribution is -2.35. The topological polar surface area (TPSA) is 108 Å². The quantitative estimate of drug-likeness (QED) is 0.301. The minimum absolute atomic E-state index is 0.0381. The first-order chi connectivity index (χ1) is 4.98. The zero-order valence-corrected chi connectivity index (χ0v) is 7.03. The van der Waals surface area contributed by atoms with E-state index in [9.17, 15) is 8.42 Å². The molecule has 7 heteroatoms. The minimum Gasteiger partial charge on any atom is -0.388 e. The van der Waals surface area contributed by atoms with Crippen LogP contribution in [0.15, 0.2) is 0 Å². The van der Waals surface area contributed by atoms with Crippen molar-refractivity contribution < 1.29 is 8.42 Å². The molecule has 0 heterocycles. The van der Waals surface area contributed by atoms with E-state index in [4.69, 9.17) is 11.1 Å². The molecule has 0 saturated heterocycles. The van der Waals surface area contributed by atoms with Crippen molar-refractivity contribution in [3.8, 4) is 0 Å². The summed E-state index contributed by atoms with van der Waals surface area (Å²) in [6.07, 6.45) is 0.223. The summed E-state index contributed by atoms with van der Waals surface area (Å²) in [5.74, 6) is -0.0381. The first-order valence-electron chi connectivity index (χ1n) is 2.99. The summed E-state index contributed by atoms with van der Waals surface area (Å²) in [7, 11) is -2.07. The van der Waals surface area contributed by atoms with Crippen LogP contribution in [0.4, 0.5) is 0 Å². The fraction of sp³-hybridized carbons (Fsp3) is 0.750. The lowest BCUT2D eigenvalue weighted by Gasteiger charge is -2.02. The molecule has 0 spiro atoms. The Kier molecular flexibility index (Phi) is 4.01. The van der Waals surface area contributed by atoms with E-state index in [1.165, 1.54) is 7.05 Å². The molecule has 0 bridgehead atoms. The van der Waals surface area contributed by atoms with E-state index in [1.807, 2.05) is 0 Å². The maximum atomic E-state index is 10.6. The van der Waals surface area contributed by atoms with Gasteiger partial charge in [0.2, 0.25) is 0 Å². The van der Waals surface area contributed by atoms with E-state index in [-0.39, 0.29) is 18.8 Å². The minimum atomic E-state index is -3.37. The average Bonchev–Trinajstić information content (AvgIpc) is 1.87. The molecular weight excluding hydrogens is 168 g/mol. The summed E-state index contributed by atoms with van der Waals surface area (Å²) in [6.45, 7) is 0.151. The Hall–Kier alpha value is -0.660. The van der Waals surface area contributed by atoms with Crippen LogP contribution in [0.2, 0.25) is 0 Å². The number of amidine groups is 1. The highest BCUT2D eigenvalue weighted by atomic mass is 32.2. The second-order valence-corrected chi connectivity index (χ2v) is 3.58. The van der Waals surface area contributed by atoms with Crippen LogP contribution in [0, 0.1) is 5.41 Å². The summed E-state index contributed by atoms with van der Waals surface area (Å²) >= 11 is 0. The standard InChI is InChI=1S/C4H12N4O2S/c1-7-11(9,10)8-3-2-4(5)6/h7-8H,2-3H2,1H3,(H3,5,6). The molecular formula is C4H12N4O2S. The molecule has 0 aliphatic heterocycles. The average molecular weight is 180 g/mol. The van der Waals surface area contributed by atoms with Crippen molar-refractivity contribution >= 4 is 16.0 Å². The van der Waals surface area contributed by atoms with Crippen molar-refractivity contribution in [2.75, 3.05) is 13.6 Å². The molecule has 0 aliphatic rings. The van der Waals surface area contributed by atoms with Crippen LogP contribution < -0.4 is 15.2 Å². The van der Waals surface area contributed by atoms with Crippen molar-refractivity contribution in [1.29, 1.82) is 5.41 Å². The van der Waals surface area contributed by atoms with Gasteiger partial charge in [0.15, 0.2) is 0 Å². The molecule has 5 N–H and O–H groups in total. The highest BCUT2D eigenvalue weighted by Crippen LogP contribution is 1.77. The first kappa shape index (κ1) is 10.3. The zero-order valence-electron chi connectivity index (χ0n) is 6.22. The summed E-state index contributed by atoms with van der Waals surface area (Å²) in [4.78, 5) is 0. The van der Waals surface area contributed by atoms with Crippen molar-refractivity contribution in [2.24, 2.45) is 5.73 Å². The summed E-state index contributed by atoms with van der Waals surface area (Å²) in [5.41, 5.74) is 4.99. The fourth-order valence-electron chi connectivity index (χ4n) is 0.392. The Labute approximate surface area is 65.9 Å². The number of nitrogens with one attached hydrogen (secondary N) is 3. The van der Waals surface area contributed by atoms with E-state index in [1.54, 1.807) is 0 Å². The van der Waals surface area contributed by atoms with Gasteiger partial charge in [-0.2, -0.15) is 8.42 Å². The fourth-order valence-corrected chi connectivity index (χ4v) is 0.907. The molecule has 11 heavy (non-hydrogen) atoms. The Balaban J connectivity index is 3.63. The van der Waals surface area contributed by atoms with Crippen LogP contribution in [0.25, 0.3) is 0 Å². The molecule has 0 rings (SSSR count). The smallest absolute Gasteiger partial charge is 0.276 e. The van der Waals surface area contributed by atoms with Gasteiger partial charge in [0, 0.05) is 20.0 Å². The van der Waals surface area contributed by atoms with E-state index < -0.39 is 10.2 Å². The molecule has 6 nitrogen and oxygen atoms in total. The third-order valence-corrected chi connectivity index (χ3v) is 2.08. The molecule has 0 aliphatic carbocycles. The van der Waals surface area contributed by atoms with E-state index in [0.29, 0.717) is 0 Å². The number of hydrogen-bond acceptors (Lipinski definition) is 3. The third kappa shape index (κ3) is 5.77. The normalized spacial score (nSPS) is 11.4. The van der Waals surface area contributed by atoms with Gasteiger partial charge in [-0.15, -0.1) is 0 Å². The maximum absolute atomic E-state index is 10.6. The van der Waals surface area contributed by atoms with E-state index in [2.05, 4.69) is 9.44 Å². The molecule has 0 amide bonds. The Morgan fingerprint density at radius 3 is 2.55 bits per heavy atom. The maximum Gasteiger partial charge on any atom is 0.276 e. The van der Waals surface area contributed by atoms with Gasteiger partial charge in [0.25, 0.3) is 10.2 Å². The van der Waals surface area contributed by atoms with Crippen molar-refractivity contribution in [2.45, 2.75) is 6.42 Å². The van der Waals surface area contributed by atoms with Crippen LogP contribution in [-0.4, -0.2) is 27.8 Å². The van der Waals surface area contributed by atoms with Crippen LogP contribution in [0.3, 0.4) is 0 Å².